The molecule has 0 saturated carbocycles. The average Bonchev–Trinajstić information content (AvgIpc) is 2.94. The lowest BCUT2D eigenvalue weighted by Crippen LogP contribution is -2.46. The van der Waals surface area contributed by atoms with Gasteiger partial charge in [0.05, 0.1) is 11.2 Å². The van der Waals surface area contributed by atoms with Crippen LogP contribution in [0, 0.1) is 6.92 Å². The molecule has 2 heterocycles. The first-order valence-electron chi connectivity index (χ1n) is 8.12. The molecule has 1 aliphatic rings. The van der Waals surface area contributed by atoms with Crippen molar-refractivity contribution in [3.8, 4) is 0 Å². The van der Waals surface area contributed by atoms with Crippen molar-refractivity contribution < 1.29 is 0 Å². The average molecular weight is 315 g/mol. The summed E-state index contributed by atoms with van der Waals surface area (Å²) < 4.78 is 0. The summed E-state index contributed by atoms with van der Waals surface area (Å²) in [6.45, 7) is 7.66. The number of nitrogens with one attached hydrogen (secondary N) is 1. The van der Waals surface area contributed by atoms with Crippen molar-refractivity contribution in [3.63, 3.8) is 0 Å². The lowest BCUT2D eigenvalue weighted by atomic mass is 9.97. The van der Waals surface area contributed by atoms with Gasteiger partial charge in [-0.15, -0.1) is 11.3 Å². The fourth-order valence-electron chi connectivity index (χ4n) is 3.19. The second kappa shape index (κ2) is 7.36. The Morgan fingerprint density at radius 2 is 2.14 bits per heavy atom. The zero-order valence-electron chi connectivity index (χ0n) is 13.5. The van der Waals surface area contributed by atoms with Gasteiger partial charge in [0, 0.05) is 36.6 Å². The molecule has 2 unspecified atom stereocenters. The molecular formula is C18H25N3S. The first-order valence-corrected chi connectivity index (χ1v) is 9.00. The van der Waals surface area contributed by atoms with E-state index in [1.165, 1.54) is 35.5 Å². The van der Waals surface area contributed by atoms with E-state index in [2.05, 4.69) is 59.4 Å². The van der Waals surface area contributed by atoms with Crippen LogP contribution in [-0.4, -0.2) is 28.5 Å². The van der Waals surface area contributed by atoms with Gasteiger partial charge in [-0.1, -0.05) is 30.3 Å². The predicted molar refractivity (Wildman–Crippen MR) is 93.0 cm³/mol. The zero-order chi connectivity index (χ0) is 15.4. The highest BCUT2D eigenvalue weighted by Crippen LogP contribution is 2.21. The highest BCUT2D eigenvalue weighted by Gasteiger charge is 2.25. The second-order valence-electron chi connectivity index (χ2n) is 6.27. The molecule has 0 spiro atoms. The molecule has 1 aromatic carbocycles. The van der Waals surface area contributed by atoms with Crippen molar-refractivity contribution in [2.45, 2.75) is 51.9 Å². The predicted octanol–water partition coefficient (Wildman–Crippen LogP) is 3.59. The van der Waals surface area contributed by atoms with Crippen LogP contribution in [0.25, 0.3) is 0 Å². The maximum absolute atomic E-state index is 4.32. The van der Waals surface area contributed by atoms with E-state index in [1.54, 1.807) is 11.3 Å². The molecule has 0 amide bonds. The largest absolute Gasteiger partial charge is 0.309 e. The number of thiazole rings is 1. The fraction of sp³-hybridized carbons (Fsp3) is 0.500. The quantitative estimate of drug-likeness (QED) is 0.914. The van der Waals surface area contributed by atoms with Gasteiger partial charge in [-0.3, -0.25) is 4.90 Å². The van der Waals surface area contributed by atoms with Crippen molar-refractivity contribution in [1.29, 1.82) is 0 Å². The SMILES string of the molecule is Cc1ncsc1CNC1CCN(Cc2ccccc2)C(C)C1. The van der Waals surface area contributed by atoms with Gasteiger partial charge in [0.2, 0.25) is 0 Å². The van der Waals surface area contributed by atoms with Gasteiger partial charge in [-0.25, -0.2) is 4.98 Å². The molecule has 1 saturated heterocycles. The van der Waals surface area contributed by atoms with Crippen LogP contribution in [0.1, 0.15) is 35.9 Å². The first-order chi connectivity index (χ1) is 10.7. The maximum atomic E-state index is 4.32. The van der Waals surface area contributed by atoms with Crippen LogP contribution in [0.2, 0.25) is 0 Å². The Bertz CT molecular complexity index is 581. The molecule has 3 rings (SSSR count). The summed E-state index contributed by atoms with van der Waals surface area (Å²) in [7, 11) is 0. The third-order valence-electron chi connectivity index (χ3n) is 4.64. The third kappa shape index (κ3) is 3.94. The number of piperidine rings is 1. The minimum atomic E-state index is 0.628. The highest BCUT2D eigenvalue weighted by molar-refractivity contribution is 7.09. The molecular weight excluding hydrogens is 290 g/mol. The molecule has 0 aliphatic carbocycles. The molecule has 2 atom stereocenters. The summed E-state index contributed by atoms with van der Waals surface area (Å²) in [6.07, 6.45) is 2.46. The van der Waals surface area contributed by atoms with Gasteiger partial charge < -0.3 is 5.32 Å². The number of aryl methyl sites for hydroxylation is 1. The number of benzene rings is 1. The molecule has 0 radical (unpaired) electrons. The summed E-state index contributed by atoms with van der Waals surface area (Å²) in [6, 6.07) is 12.1. The summed E-state index contributed by atoms with van der Waals surface area (Å²) in [5, 5.41) is 3.72. The minimum absolute atomic E-state index is 0.628. The fourth-order valence-corrected chi connectivity index (χ4v) is 3.92. The molecule has 1 N–H and O–H groups in total. The normalized spacial score (nSPS) is 22.8. The van der Waals surface area contributed by atoms with Gasteiger partial charge in [-0.2, -0.15) is 0 Å². The Kier molecular flexibility index (Phi) is 5.24. The van der Waals surface area contributed by atoms with E-state index in [-0.39, 0.29) is 0 Å². The highest BCUT2D eigenvalue weighted by atomic mass is 32.1. The topological polar surface area (TPSA) is 28.2 Å². The Balaban J connectivity index is 1.48. The van der Waals surface area contributed by atoms with E-state index in [0.717, 1.165) is 13.1 Å². The lowest BCUT2D eigenvalue weighted by Gasteiger charge is -2.38. The molecule has 1 aliphatic heterocycles. The Hall–Kier alpha value is -1.23. The van der Waals surface area contributed by atoms with E-state index in [0.29, 0.717) is 12.1 Å². The van der Waals surface area contributed by atoms with Crippen molar-refractivity contribution in [2.75, 3.05) is 6.54 Å². The van der Waals surface area contributed by atoms with Crippen LogP contribution in [0.5, 0.6) is 0 Å². The van der Waals surface area contributed by atoms with E-state index in [9.17, 15) is 0 Å². The lowest BCUT2D eigenvalue weighted by molar-refractivity contribution is 0.128. The van der Waals surface area contributed by atoms with Crippen LogP contribution in [0.15, 0.2) is 35.8 Å². The van der Waals surface area contributed by atoms with Crippen LogP contribution in [-0.2, 0) is 13.1 Å². The van der Waals surface area contributed by atoms with Crippen molar-refractivity contribution >= 4 is 11.3 Å². The van der Waals surface area contributed by atoms with Crippen molar-refractivity contribution in [3.05, 3.63) is 52.0 Å². The van der Waals surface area contributed by atoms with Crippen molar-refractivity contribution in [2.24, 2.45) is 0 Å². The van der Waals surface area contributed by atoms with E-state index in [1.807, 2.05) is 5.51 Å². The Morgan fingerprint density at radius 3 is 2.82 bits per heavy atom. The number of likely N-dealkylation sites (tertiary alicyclic amines) is 1. The monoisotopic (exact) mass is 315 g/mol. The van der Waals surface area contributed by atoms with Crippen molar-refractivity contribution in [1.82, 2.24) is 15.2 Å². The summed E-state index contributed by atoms with van der Waals surface area (Å²) in [5.74, 6) is 0. The second-order valence-corrected chi connectivity index (χ2v) is 7.21. The Labute approximate surface area is 137 Å². The van der Waals surface area contributed by atoms with E-state index < -0.39 is 0 Å². The van der Waals surface area contributed by atoms with Crippen LogP contribution in [0.4, 0.5) is 0 Å². The molecule has 22 heavy (non-hydrogen) atoms. The standard InChI is InChI=1S/C18H25N3S/c1-14-10-17(19-11-18-15(2)20-13-22-18)8-9-21(14)12-16-6-4-3-5-7-16/h3-7,13-14,17,19H,8-12H2,1-2H3. The number of hydrogen-bond donors (Lipinski definition) is 1. The third-order valence-corrected chi connectivity index (χ3v) is 5.57. The number of rotatable bonds is 5. The number of hydrogen-bond acceptors (Lipinski definition) is 4. The van der Waals surface area contributed by atoms with Gasteiger partial charge in [0.1, 0.15) is 0 Å². The van der Waals surface area contributed by atoms with Crippen LogP contribution in [0.3, 0.4) is 0 Å². The Morgan fingerprint density at radius 1 is 1.32 bits per heavy atom. The zero-order valence-corrected chi connectivity index (χ0v) is 14.3. The summed E-state index contributed by atoms with van der Waals surface area (Å²) in [4.78, 5) is 8.30. The van der Waals surface area contributed by atoms with Gasteiger partial charge >= 0.3 is 0 Å². The molecule has 1 aromatic heterocycles. The smallest absolute Gasteiger partial charge is 0.0798 e. The number of aromatic nitrogens is 1. The van der Waals surface area contributed by atoms with E-state index >= 15 is 0 Å². The summed E-state index contributed by atoms with van der Waals surface area (Å²) >= 11 is 1.76. The van der Waals surface area contributed by atoms with Gasteiger partial charge in [0.25, 0.3) is 0 Å². The molecule has 118 valence electrons. The molecule has 2 aromatic rings. The maximum Gasteiger partial charge on any atom is 0.0798 e. The van der Waals surface area contributed by atoms with Gasteiger partial charge in [-0.05, 0) is 32.3 Å². The van der Waals surface area contributed by atoms with Crippen LogP contribution >= 0.6 is 11.3 Å². The first kappa shape index (κ1) is 15.7. The van der Waals surface area contributed by atoms with Crippen LogP contribution < -0.4 is 5.32 Å². The van der Waals surface area contributed by atoms with Gasteiger partial charge in [0.15, 0.2) is 0 Å². The van der Waals surface area contributed by atoms with E-state index in [4.69, 9.17) is 0 Å². The number of nitrogens with zero attached hydrogens (tertiary/aromatic N) is 2. The molecule has 0 bridgehead atoms. The molecule has 3 nitrogen and oxygen atoms in total. The summed E-state index contributed by atoms with van der Waals surface area (Å²) in [5.41, 5.74) is 4.53. The minimum Gasteiger partial charge on any atom is -0.309 e. The molecule has 4 heteroatoms. The molecule has 1 fully saturated rings.